The first kappa shape index (κ1) is 13.5. The lowest BCUT2D eigenvalue weighted by Crippen LogP contribution is -2.30. The van der Waals surface area contributed by atoms with Gasteiger partial charge in [-0.05, 0) is 30.5 Å². The van der Waals surface area contributed by atoms with Gasteiger partial charge in [0.1, 0.15) is 5.82 Å². The van der Waals surface area contributed by atoms with Gasteiger partial charge in [0.2, 0.25) is 0 Å². The normalized spacial score (nSPS) is 10.2. The van der Waals surface area contributed by atoms with E-state index in [2.05, 4.69) is 15.5 Å². The molecule has 0 saturated carbocycles. The van der Waals surface area contributed by atoms with Gasteiger partial charge in [-0.3, -0.25) is 4.79 Å². The molecular weight excluding hydrogens is 260 g/mol. The SMILES string of the molecule is CCN(Cc1cccs1)C(=O)c1ccc(NC)nn1. The Bertz CT molecular complexity index is 524. The summed E-state index contributed by atoms with van der Waals surface area (Å²) in [5, 5.41) is 12.8. The highest BCUT2D eigenvalue weighted by atomic mass is 32.1. The van der Waals surface area contributed by atoms with Crippen molar-refractivity contribution in [2.24, 2.45) is 0 Å². The number of nitrogens with one attached hydrogen (secondary N) is 1. The molecule has 2 rings (SSSR count). The third-order valence-electron chi connectivity index (χ3n) is 2.74. The van der Waals surface area contributed by atoms with Crippen molar-refractivity contribution in [2.75, 3.05) is 18.9 Å². The van der Waals surface area contributed by atoms with Crippen LogP contribution in [0.25, 0.3) is 0 Å². The standard InChI is InChI=1S/C13H16N4OS/c1-3-17(9-10-5-4-8-19-10)13(18)11-6-7-12(14-2)16-15-11/h4-8H,3,9H2,1-2H3,(H,14,16). The zero-order valence-electron chi connectivity index (χ0n) is 11.0. The summed E-state index contributed by atoms with van der Waals surface area (Å²) in [5.74, 6) is 0.559. The number of nitrogens with zero attached hydrogens (tertiary/aromatic N) is 3. The molecule has 0 aliphatic carbocycles. The summed E-state index contributed by atoms with van der Waals surface area (Å²) >= 11 is 1.65. The average Bonchev–Trinajstić information content (AvgIpc) is 2.97. The molecule has 0 bridgehead atoms. The van der Waals surface area contributed by atoms with E-state index in [0.29, 0.717) is 24.6 Å². The molecule has 2 heterocycles. The molecule has 0 aliphatic heterocycles. The van der Waals surface area contributed by atoms with Crippen molar-refractivity contribution in [3.8, 4) is 0 Å². The summed E-state index contributed by atoms with van der Waals surface area (Å²) in [6.07, 6.45) is 0. The zero-order valence-corrected chi connectivity index (χ0v) is 11.8. The van der Waals surface area contributed by atoms with E-state index in [9.17, 15) is 4.79 Å². The van der Waals surface area contributed by atoms with E-state index < -0.39 is 0 Å². The molecule has 0 fully saturated rings. The summed E-state index contributed by atoms with van der Waals surface area (Å²) < 4.78 is 0. The largest absolute Gasteiger partial charge is 0.372 e. The minimum Gasteiger partial charge on any atom is -0.372 e. The second-order valence-electron chi connectivity index (χ2n) is 3.95. The topological polar surface area (TPSA) is 58.1 Å². The molecule has 1 N–H and O–H groups in total. The van der Waals surface area contributed by atoms with E-state index in [1.807, 2.05) is 24.4 Å². The number of amides is 1. The fourth-order valence-electron chi connectivity index (χ4n) is 1.66. The first-order valence-electron chi connectivity index (χ1n) is 6.07. The van der Waals surface area contributed by atoms with E-state index in [1.165, 1.54) is 0 Å². The fraction of sp³-hybridized carbons (Fsp3) is 0.308. The Morgan fingerprint density at radius 3 is 2.74 bits per heavy atom. The van der Waals surface area contributed by atoms with Crippen LogP contribution in [0, 0.1) is 0 Å². The Morgan fingerprint density at radius 1 is 1.37 bits per heavy atom. The number of thiophene rings is 1. The van der Waals surface area contributed by atoms with Gasteiger partial charge in [-0.25, -0.2) is 0 Å². The van der Waals surface area contributed by atoms with Crippen LogP contribution in [0.4, 0.5) is 5.82 Å². The molecule has 2 aromatic heterocycles. The van der Waals surface area contributed by atoms with Crippen LogP contribution in [0.15, 0.2) is 29.6 Å². The Kier molecular flexibility index (Phi) is 4.46. The van der Waals surface area contributed by atoms with Crippen molar-refractivity contribution >= 4 is 23.1 Å². The first-order chi connectivity index (χ1) is 9.24. The molecule has 0 aliphatic rings. The van der Waals surface area contributed by atoms with Crippen molar-refractivity contribution in [3.05, 3.63) is 40.2 Å². The molecular formula is C13H16N4OS. The third kappa shape index (κ3) is 3.29. The number of hydrogen-bond donors (Lipinski definition) is 1. The predicted molar refractivity (Wildman–Crippen MR) is 76.3 cm³/mol. The van der Waals surface area contributed by atoms with Crippen LogP contribution in [0.3, 0.4) is 0 Å². The molecule has 100 valence electrons. The minimum absolute atomic E-state index is 0.0916. The van der Waals surface area contributed by atoms with E-state index in [0.717, 1.165) is 4.88 Å². The molecule has 2 aromatic rings. The number of rotatable bonds is 5. The van der Waals surface area contributed by atoms with Gasteiger partial charge in [0.25, 0.3) is 5.91 Å². The summed E-state index contributed by atoms with van der Waals surface area (Å²) in [5.41, 5.74) is 0.373. The van der Waals surface area contributed by atoms with E-state index >= 15 is 0 Å². The van der Waals surface area contributed by atoms with Gasteiger partial charge in [0.05, 0.1) is 6.54 Å². The highest BCUT2D eigenvalue weighted by molar-refractivity contribution is 7.09. The Balaban J connectivity index is 2.10. The number of carbonyl (C=O) groups excluding carboxylic acids is 1. The maximum Gasteiger partial charge on any atom is 0.274 e. The van der Waals surface area contributed by atoms with E-state index in [4.69, 9.17) is 0 Å². The number of carbonyl (C=O) groups is 1. The number of aromatic nitrogens is 2. The third-order valence-corrected chi connectivity index (χ3v) is 3.60. The Labute approximate surface area is 116 Å². The molecule has 5 nitrogen and oxygen atoms in total. The predicted octanol–water partition coefficient (Wildman–Crippen LogP) is 2.24. The Hall–Kier alpha value is -1.95. The van der Waals surface area contributed by atoms with Gasteiger partial charge in [-0.15, -0.1) is 21.5 Å². The van der Waals surface area contributed by atoms with Crippen molar-refractivity contribution in [1.29, 1.82) is 0 Å². The molecule has 0 radical (unpaired) electrons. The van der Waals surface area contributed by atoms with Crippen LogP contribution in [-0.2, 0) is 6.54 Å². The number of anilines is 1. The van der Waals surface area contributed by atoms with Crippen LogP contribution < -0.4 is 5.32 Å². The molecule has 19 heavy (non-hydrogen) atoms. The van der Waals surface area contributed by atoms with Gasteiger partial charge in [-0.1, -0.05) is 6.07 Å². The lowest BCUT2D eigenvalue weighted by atomic mass is 10.3. The van der Waals surface area contributed by atoms with Crippen LogP contribution in [0.2, 0.25) is 0 Å². The minimum atomic E-state index is -0.0916. The lowest BCUT2D eigenvalue weighted by Gasteiger charge is -2.19. The molecule has 0 saturated heterocycles. The first-order valence-corrected chi connectivity index (χ1v) is 6.95. The lowest BCUT2D eigenvalue weighted by molar-refractivity contribution is 0.0747. The second kappa shape index (κ2) is 6.29. The molecule has 0 atom stereocenters. The molecule has 0 unspecified atom stereocenters. The average molecular weight is 276 g/mol. The summed E-state index contributed by atoms with van der Waals surface area (Å²) in [4.78, 5) is 15.2. The molecule has 0 aromatic carbocycles. The van der Waals surface area contributed by atoms with Crippen LogP contribution in [0.5, 0.6) is 0 Å². The molecule has 6 heteroatoms. The quantitative estimate of drug-likeness (QED) is 0.910. The van der Waals surface area contributed by atoms with Crippen molar-refractivity contribution in [1.82, 2.24) is 15.1 Å². The van der Waals surface area contributed by atoms with Crippen LogP contribution in [-0.4, -0.2) is 34.6 Å². The van der Waals surface area contributed by atoms with Gasteiger partial charge in [-0.2, -0.15) is 0 Å². The Morgan fingerprint density at radius 2 is 2.21 bits per heavy atom. The molecule has 0 spiro atoms. The van der Waals surface area contributed by atoms with E-state index in [1.54, 1.807) is 35.4 Å². The summed E-state index contributed by atoms with van der Waals surface area (Å²) in [7, 11) is 1.76. The summed E-state index contributed by atoms with van der Waals surface area (Å²) in [6.45, 7) is 3.22. The van der Waals surface area contributed by atoms with Gasteiger partial charge in [0, 0.05) is 18.5 Å². The van der Waals surface area contributed by atoms with Crippen LogP contribution in [0.1, 0.15) is 22.3 Å². The highest BCUT2D eigenvalue weighted by Gasteiger charge is 2.16. The summed E-state index contributed by atoms with van der Waals surface area (Å²) in [6, 6.07) is 7.45. The van der Waals surface area contributed by atoms with Gasteiger partial charge < -0.3 is 10.2 Å². The van der Waals surface area contributed by atoms with Crippen molar-refractivity contribution in [2.45, 2.75) is 13.5 Å². The monoisotopic (exact) mass is 276 g/mol. The van der Waals surface area contributed by atoms with Gasteiger partial charge >= 0.3 is 0 Å². The molecule has 1 amide bonds. The van der Waals surface area contributed by atoms with Gasteiger partial charge in [0.15, 0.2) is 5.69 Å². The fourth-order valence-corrected chi connectivity index (χ4v) is 2.38. The highest BCUT2D eigenvalue weighted by Crippen LogP contribution is 2.13. The number of hydrogen-bond acceptors (Lipinski definition) is 5. The van der Waals surface area contributed by atoms with E-state index in [-0.39, 0.29) is 5.91 Å². The van der Waals surface area contributed by atoms with Crippen molar-refractivity contribution < 1.29 is 4.79 Å². The maximum atomic E-state index is 12.3. The zero-order chi connectivity index (χ0) is 13.7. The van der Waals surface area contributed by atoms with Crippen molar-refractivity contribution in [3.63, 3.8) is 0 Å². The second-order valence-corrected chi connectivity index (χ2v) is 4.98. The van der Waals surface area contributed by atoms with Crippen LogP contribution >= 0.6 is 11.3 Å². The smallest absolute Gasteiger partial charge is 0.274 e. The maximum absolute atomic E-state index is 12.3.